The van der Waals surface area contributed by atoms with Crippen molar-refractivity contribution in [1.29, 1.82) is 5.41 Å². The minimum atomic E-state index is -1.29. The zero-order chi connectivity index (χ0) is 38.5. The first-order chi connectivity index (χ1) is 24.8. The Hall–Kier alpha value is -4.87. The number of guanidine groups is 1. The first kappa shape index (κ1) is 43.3. The molecular weight excluding hydrogens is 691 g/mol. The number of hydrogen-bond acceptors (Lipinski definition) is 10. The van der Waals surface area contributed by atoms with Gasteiger partial charge in [0.15, 0.2) is 5.96 Å². The average Bonchev–Trinajstić information content (AvgIpc) is 3.11. The van der Waals surface area contributed by atoms with Crippen molar-refractivity contribution < 1.29 is 34.2 Å². The zero-order valence-corrected chi connectivity index (χ0v) is 30.3. The molecule has 0 bridgehead atoms. The Morgan fingerprint density at radius 3 is 1.81 bits per heavy atom. The summed E-state index contributed by atoms with van der Waals surface area (Å²) in [6.07, 6.45) is 3.78. The van der Waals surface area contributed by atoms with Crippen molar-refractivity contribution in [2.75, 3.05) is 25.1 Å². The fourth-order valence-corrected chi connectivity index (χ4v) is 5.65. The van der Waals surface area contributed by atoms with Crippen molar-refractivity contribution in [3.05, 3.63) is 65.7 Å². The maximum absolute atomic E-state index is 13.9. The van der Waals surface area contributed by atoms with Crippen molar-refractivity contribution in [3.8, 4) is 5.75 Å². The van der Waals surface area contributed by atoms with Crippen LogP contribution in [0.4, 0.5) is 0 Å². The summed E-state index contributed by atoms with van der Waals surface area (Å²) in [6.45, 7) is 0.564. The Bertz CT molecular complexity index is 1450. The van der Waals surface area contributed by atoms with Crippen LogP contribution >= 0.6 is 11.8 Å². The number of hydrogen-bond donors (Lipinski definition) is 11. The predicted octanol–water partition coefficient (Wildman–Crippen LogP) is -0.326. The third kappa shape index (κ3) is 16.4. The van der Waals surface area contributed by atoms with Crippen LogP contribution in [-0.4, -0.2) is 101 Å². The number of carboxylic acid groups (broad SMARTS) is 1. The fraction of sp³-hybridized carbons (Fsp3) is 0.486. The summed E-state index contributed by atoms with van der Waals surface area (Å²) < 4.78 is 0. The molecule has 17 heteroatoms. The highest BCUT2D eigenvalue weighted by atomic mass is 32.2. The molecule has 0 fully saturated rings. The topological polar surface area (TPSA) is 288 Å². The summed E-state index contributed by atoms with van der Waals surface area (Å²) in [5.41, 5.74) is 18.4. The number of nitrogens with one attached hydrogen (secondary N) is 6. The molecule has 2 rings (SSSR count). The summed E-state index contributed by atoms with van der Waals surface area (Å²) in [7, 11) is 0. The van der Waals surface area contributed by atoms with Gasteiger partial charge in [0.05, 0.1) is 6.04 Å². The van der Waals surface area contributed by atoms with Gasteiger partial charge in [0.1, 0.15) is 29.9 Å². The van der Waals surface area contributed by atoms with E-state index < -0.39 is 59.8 Å². The van der Waals surface area contributed by atoms with Crippen LogP contribution in [0.5, 0.6) is 5.75 Å². The maximum Gasteiger partial charge on any atom is 0.326 e. The number of aliphatic carboxylic acids is 1. The number of thioether (sulfide) groups is 1. The highest BCUT2D eigenvalue weighted by Crippen LogP contribution is 2.13. The van der Waals surface area contributed by atoms with Crippen molar-refractivity contribution in [2.24, 2.45) is 17.2 Å². The maximum atomic E-state index is 13.9. The number of carbonyl (C=O) groups is 5. The molecule has 52 heavy (non-hydrogen) atoms. The number of rotatable bonds is 24. The lowest BCUT2D eigenvalue weighted by atomic mass is 10.0. The molecule has 2 aromatic rings. The molecule has 0 aliphatic carbocycles. The normalized spacial score (nSPS) is 13.8. The highest BCUT2D eigenvalue weighted by Gasteiger charge is 2.32. The predicted molar refractivity (Wildman–Crippen MR) is 200 cm³/mol. The Morgan fingerprint density at radius 1 is 0.731 bits per heavy atom. The van der Waals surface area contributed by atoms with Gasteiger partial charge in [-0.3, -0.25) is 24.6 Å². The van der Waals surface area contributed by atoms with Gasteiger partial charge in [0, 0.05) is 19.4 Å². The second kappa shape index (κ2) is 23.6. The molecule has 0 aliphatic rings. The van der Waals surface area contributed by atoms with Crippen molar-refractivity contribution in [2.45, 2.75) is 81.6 Å². The van der Waals surface area contributed by atoms with Gasteiger partial charge in [-0.1, -0.05) is 42.5 Å². The fourth-order valence-electron chi connectivity index (χ4n) is 5.16. The monoisotopic (exact) mass is 743 g/mol. The number of carbonyl (C=O) groups excluding carboxylic acids is 4. The molecule has 2 aromatic carbocycles. The molecule has 14 N–H and O–H groups in total. The number of nitrogens with two attached hydrogens (primary N) is 3. The Balaban J connectivity index is 2.33. The lowest BCUT2D eigenvalue weighted by Gasteiger charge is -2.27. The lowest BCUT2D eigenvalue weighted by Crippen LogP contribution is -2.59. The molecule has 0 saturated heterocycles. The molecule has 5 atom stereocenters. The van der Waals surface area contributed by atoms with E-state index >= 15 is 0 Å². The number of amides is 4. The summed E-state index contributed by atoms with van der Waals surface area (Å²) in [5, 5.41) is 40.1. The van der Waals surface area contributed by atoms with Crippen molar-refractivity contribution >= 4 is 47.3 Å². The van der Waals surface area contributed by atoms with Gasteiger partial charge in [-0.25, -0.2) is 4.79 Å². The van der Waals surface area contributed by atoms with Crippen LogP contribution in [0.25, 0.3) is 0 Å². The van der Waals surface area contributed by atoms with E-state index in [9.17, 15) is 34.2 Å². The summed E-state index contributed by atoms with van der Waals surface area (Å²) in [6, 6.07) is 9.29. The van der Waals surface area contributed by atoms with Gasteiger partial charge in [-0.2, -0.15) is 11.8 Å². The minimum absolute atomic E-state index is 0.0214. The van der Waals surface area contributed by atoms with E-state index in [0.717, 1.165) is 0 Å². The lowest BCUT2D eigenvalue weighted by molar-refractivity contribution is -0.142. The number of phenolic OH excluding ortho intramolecular Hbond substituents is 1. The van der Waals surface area contributed by atoms with E-state index in [1.807, 2.05) is 6.26 Å². The van der Waals surface area contributed by atoms with Crippen LogP contribution in [-0.2, 0) is 36.8 Å². The third-order valence-electron chi connectivity index (χ3n) is 8.07. The standard InChI is InChI=1S/C35H53N9O7S/c1-52-19-16-25(37)30(46)43-28(21-23-12-14-24(45)15-13-23)32(48)41-26(10-5-6-17-36)31(47)44-29(20-22-8-3-2-4-9-22)33(49)42-27(34(50)51)11-7-18-40-35(38)39/h2-4,8-9,12-15,25-29,45H,5-7,10-11,16-21,36-37H2,1H3,(H,41,48)(H,42,49)(H,43,46)(H,44,47)(H,50,51)(H4,38,39,40)/t25-,26+,27-,28-,29-/m0/s1. The van der Waals surface area contributed by atoms with Gasteiger partial charge in [0.2, 0.25) is 23.6 Å². The van der Waals surface area contributed by atoms with Gasteiger partial charge in [0.25, 0.3) is 0 Å². The van der Waals surface area contributed by atoms with E-state index in [1.54, 1.807) is 42.5 Å². The molecule has 0 spiro atoms. The van der Waals surface area contributed by atoms with Crippen LogP contribution in [0, 0.1) is 5.41 Å². The van der Waals surface area contributed by atoms with Crippen LogP contribution in [0.3, 0.4) is 0 Å². The number of phenols is 1. The number of carboxylic acids is 1. The molecule has 0 aliphatic heterocycles. The van der Waals surface area contributed by atoms with Crippen LogP contribution in [0.1, 0.15) is 49.7 Å². The highest BCUT2D eigenvalue weighted by molar-refractivity contribution is 7.98. The van der Waals surface area contributed by atoms with Crippen LogP contribution in [0.2, 0.25) is 0 Å². The largest absolute Gasteiger partial charge is 0.508 e. The molecule has 0 unspecified atom stereocenters. The number of unbranched alkanes of at least 4 members (excludes halogenated alkanes) is 1. The number of aromatic hydroxyl groups is 1. The van der Waals surface area contributed by atoms with E-state index in [4.69, 9.17) is 22.6 Å². The Kier molecular flexibility index (Phi) is 19.6. The minimum Gasteiger partial charge on any atom is -0.508 e. The van der Waals surface area contributed by atoms with Crippen molar-refractivity contribution in [1.82, 2.24) is 26.6 Å². The van der Waals surface area contributed by atoms with E-state index in [2.05, 4.69) is 26.6 Å². The molecule has 0 aromatic heterocycles. The molecule has 0 radical (unpaired) electrons. The second-order valence-corrected chi connectivity index (χ2v) is 13.3. The molecule has 0 saturated carbocycles. The van der Waals surface area contributed by atoms with Gasteiger partial charge >= 0.3 is 5.97 Å². The molecular formula is C35H53N9O7S. The Morgan fingerprint density at radius 2 is 1.25 bits per heavy atom. The van der Waals surface area contributed by atoms with Crippen molar-refractivity contribution in [3.63, 3.8) is 0 Å². The van der Waals surface area contributed by atoms with Gasteiger partial charge in [-0.15, -0.1) is 0 Å². The first-order valence-electron chi connectivity index (χ1n) is 17.1. The second-order valence-electron chi connectivity index (χ2n) is 12.3. The molecule has 16 nitrogen and oxygen atoms in total. The van der Waals surface area contributed by atoms with Gasteiger partial charge in [-0.05, 0) is 80.3 Å². The summed E-state index contributed by atoms with van der Waals surface area (Å²) in [5.74, 6) is -3.52. The smallest absolute Gasteiger partial charge is 0.326 e. The van der Waals surface area contributed by atoms with E-state index in [-0.39, 0.29) is 50.4 Å². The first-order valence-corrected chi connectivity index (χ1v) is 18.5. The molecule has 0 heterocycles. The third-order valence-corrected chi connectivity index (χ3v) is 8.72. The van der Waals surface area contributed by atoms with Crippen LogP contribution in [0.15, 0.2) is 54.6 Å². The van der Waals surface area contributed by atoms with Gasteiger partial charge < -0.3 is 54.0 Å². The number of benzene rings is 2. The van der Waals surface area contributed by atoms with Crippen LogP contribution < -0.4 is 43.8 Å². The Labute approximate surface area is 308 Å². The zero-order valence-electron chi connectivity index (χ0n) is 29.4. The SMILES string of the molecule is CSCC[C@H](N)C(=O)N[C@@H](Cc1ccc(O)cc1)C(=O)N[C@H](CCCCN)C(=O)N[C@@H](Cc1ccccc1)C(=O)N[C@@H](CCCNC(=N)N)C(=O)O. The summed E-state index contributed by atoms with van der Waals surface area (Å²) >= 11 is 1.53. The molecule has 4 amide bonds. The van der Waals surface area contributed by atoms with E-state index in [1.165, 1.54) is 23.9 Å². The van der Waals surface area contributed by atoms with E-state index in [0.29, 0.717) is 42.7 Å². The average molecular weight is 744 g/mol. The quantitative estimate of drug-likeness (QED) is 0.0375. The molecule has 286 valence electrons. The summed E-state index contributed by atoms with van der Waals surface area (Å²) in [4.78, 5) is 66.4.